The Morgan fingerprint density at radius 1 is 1.40 bits per heavy atom. The summed E-state index contributed by atoms with van der Waals surface area (Å²) in [4.78, 5) is 15.9. The molecule has 7 heteroatoms. The fourth-order valence-electron chi connectivity index (χ4n) is 1.57. The van der Waals surface area contributed by atoms with Crippen LogP contribution in [0.2, 0.25) is 5.02 Å². The fourth-order valence-corrected chi connectivity index (χ4v) is 2.47. The predicted molar refractivity (Wildman–Crippen MR) is 79.5 cm³/mol. The lowest BCUT2D eigenvalue weighted by Crippen LogP contribution is -1.97. The molecule has 0 spiro atoms. The molecular formula is C13H13ClN2O3S. The molecule has 0 saturated carbocycles. The summed E-state index contributed by atoms with van der Waals surface area (Å²) >= 11 is 7.25. The number of anilines is 2. The largest absolute Gasteiger partial charge is 0.495 e. The lowest BCUT2D eigenvalue weighted by atomic mass is 10.2. The highest BCUT2D eigenvalue weighted by molar-refractivity contribution is 7.17. The molecule has 0 unspecified atom stereocenters. The second-order valence-corrected chi connectivity index (χ2v) is 5.39. The molecule has 5 nitrogen and oxygen atoms in total. The van der Waals surface area contributed by atoms with Gasteiger partial charge in [0.2, 0.25) is 0 Å². The van der Waals surface area contributed by atoms with Gasteiger partial charge in [-0.05, 0) is 18.6 Å². The quantitative estimate of drug-likeness (QED) is 0.873. The van der Waals surface area contributed by atoms with Crippen LogP contribution in [0.15, 0.2) is 18.3 Å². The number of hydrogen-bond acceptors (Lipinski definition) is 6. The van der Waals surface area contributed by atoms with E-state index in [9.17, 15) is 4.79 Å². The smallest absolute Gasteiger partial charge is 0.349 e. The number of halogens is 1. The molecule has 0 radical (unpaired) electrons. The first-order chi connectivity index (χ1) is 9.55. The monoisotopic (exact) mass is 312 g/mol. The highest BCUT2D eigenvalue weighted by Gasteiger charge is 2.13. The van der Waals surface area contributed by atoms with Crippen LogP contribution in [0.1, 0.15) is 15.2 Å². The van der Waals surface area contributed by atoms with E-state index < -0.39 is 5.97 Å². The molecule has 0 bridgehead atoms. The third-order valence-electron chi connectivity index (χ3n) is 2.61. The third kappa shape index (κ3) is 3.02. The highest BCUT2D eigenvalue weighted by atomic mass is 35.5. The zero-order valence-corrected chi connectivity index (χ0v) is 12.8. The van der Waals surface area contributed by atoms with Gasteiger partial charge >= 0.3 is 5.97 Å². The minimum Gasteiger partial charge on any atom is -0.495 e. The van der Waals surface area contributed by atoms with Crippen molar-refractivity contribution in [3.8, 4) is 5.75 Å². The summed E-state index contributed by atoms with van der Waals surface area (Å²) in [5.74, 6) is 0.199. The Morgan fingerprint density at radius 3 is 2.80 bits per heavy atom. The second-order valence-electron chi connectivity index (χ2n) is 3.95. The number of benzene rings is 1. The first-order valence-electron chi connectivity index (χ1n) is 5.70. The molecule has 2 aromatic rings. The number of nitrogens with one attached hydrogen (secondary N) is 1. The van der Waals surface area contributed by atoms with E-state index in [4.69, 9.17) is 16.3 Å². The van der Waals surface area contributed by atoms with E-state index >= 15 is 0 Å². The lowest BCUT2D eigenvalue weighted by molar-refractivity contribution is 0.0606. The van der Waals surface area contributed by atoms with Crippen LogP contribution in [-0.2, 0) is 4.74 Å². The Kier molecular flexibility index (Phi) is 4.46. The molecule has 1 N–H and O–H groups in total. The number of esters is 1. The molecule has 106 valence electrons. The Hall–Kier alpha value is -1.79. The van der Waals surface area contributed by atoms with Gasteiger partial charge < -0.3 is 14.8 Å². The summed E-state index contributed by atoms with van der Waals surface area (Å²) in [5.41, 5.74) is 1.65. The van der Waals surface area contributed by atoms with E-state index in [0.29, 0.717) is 20.8 Å². The topological polar surface area (TPSA) is 60.5 Å². The van der Waals surface area contributed by atoms with Gasteiger partial charge in [0.05, 0.1) is 26.1 Å². The minimum atomic E-state index is -0.408. The van der Waals surface area contributed by atoms with Crippen molar-refractivity contribution in [1.29, 1.82) is 0 Å². The Labute approximate surface area is 125 Å². The van der Waals surface area contributed by atoms with Crippen LogP contribution in [0.3, 0.4) is 0 Å². The number of carbonyl (C=O) groups excluding carboxylic acids is 1. The standard InChI is InChI=1S/C13H13ClN2O3S/c1-7-4-9(10(18-2)5-8(7)14)16-13-15-6-11(20-13)12(17)19-3/h4-6H,1-3H3,(H,15,16). The maximum absolute atomic E-state index is 11.4. The van der Waals surface area contributed by atoms with Crippen molar-refractivity contribution in [2.75, 3.05) is 19.5 Å². The normalized spacial score (nSPS) is 10.2. The van der Waals surface area contributed by atoms with Crippen LogP contribution in [0.25, 0.3) is 0 Å². The van der Waals surface area contributed by atoms with E-state index in [1.165, 1.54) is 24.6 Å². The molecule has 0 saturated heterocycles. The van der Waals surface area contributed by atoms with Gasteiger partial charge in [0.1, 0.15) is 10.6 Å². The molecule has 2 rings (SSSR count). The van der Waals surface area contributed by atoms with Gasteiger partial charge in [-0.3, -0.25) is 0 Å². The SMILES string of the molecule is COC(=O)c1cnc(Nc2cc(C)c(Cl)cc2OC)s1. The highest BCUT2D eigenvalue weighted by Crippen LogP contribution is 2.34. The van der Waals surface area contributed by atoms with Gasteiger partial charge in [-0.25, -0.2) is 9.78 Å². The molecule has 20 heavy (non-hydrogen) atoms. The zero-order valence-electron chi connectivity index (χ0n) is 11.2. The van der Waals surface area contributed by atoms with Gasteiger partial charge in [-0.2, -0.15) is 0 Å². The van der Waals surface area contributed by atoms with Crippen molar-refractivity contribution in [2.24, 2.45) is 0 Å². The van der Waals surface area contributed by atoms with Crippen LogP contribution in [0.5, 0.6) is 5.75 Å². The molecule has 0 aliphatic heterocycles. The van der Waals surface area contributed by atoms with Gasteiger partial charge in [0.15, 0.2) is 5.13 Å². The predicted octanol–water partition coefficient (Wildman–Crippen LogP) is 3.64. The first-order valence-corrected chi connectivity index (χ1v) is 6.90. The maximum Gasteiger partial charge on any atom is 0.349 e. The molecular weight excluding hydrogens is 300 g/mol. The van der Waals surface area contributed by atoms with E-state index in [0.717, 1.165) is 11.3 Å². The summed E-state index contributed by atoms with van der Waals surface area (Å²) in [6.45, 7) is 1.90. The van der Waals surface area contributed by atoms with E-state index in [1.54, 1.807) is 13.2 Å². The molecule has 0 aliphatic rings. The molecule has 0 atom stereocenters. The number of thiazole rings is 1. The van der Waals surface area contributed by atoms with Crippen LogP contribution in [0.4, 0.5) is 10.8 Å². The third-order valence-corrected chi connectivity index (χ3v) is 3.91. The molecule has 0 amide bonds. The number of aryl methyl sites for hydroxylation is 1. The fraction of sp³-hybridized carbons (Fsp3) is 0.231. The summed E-state index contributed by atoms with van der Waals surface area (Å²) in [7, 11) is 2.90. The second kappa shape index (κ2) is 6.11. The average molecular weight is 313 g/mol. The van der Waals surface area contributed by atoms with E-state index in [-0.39, 0.29) is 0 Å². The zero-order chi connectivity index (χ0) is 14.7. The van der Waals surface area contributed by atoms with E-state index in [2.05, 4.69) is 15.0 Å². The van der Waals surface area contributed by atoms with Crippen molar-refractivity contribution < 1.29 is 14.3 Å². The summed E-state index contributed by atoms with van der Waals surface area (Å²) in [6.07, 6.45) is 1.47. The molecule has 1 aromatic heterocycles. The number of nitrogens with zero attached hydrogens (tertiary/aromatic N) is 1. The number of methoxy groups -OCH3 is 2. The van der Waals surface area contributed by atoms with Gasteiger partial charge in [-0.1, -0.05) is 22.9 Å². The lowest BCUT2D eigenvalue weighted by Gasteiger charge is -2.11. The van der Waals surface area contributed by atoms with Crippen LogP contribution in [0, 0.1) is 6.92 Å². The Bertz CT molecular complexity index is 643. The van der Waals surface area contributed by atoms with Gasteiger partial charge in [-0.15, -0.1) is 0 Å². The maximum atomic E-state index is 11.4. The van der Waals surface area contributed by atoms with Crippen molar-refractivity contribution in [1.82, 2.24) is 4.98 Å². The summed E-state index contributed by atoms with van der Waals surface area (Å²) < 4.78 is 9.91. The number of aromatic nitrogens is 1. The van der Waals surface area contributed by atoms with Gasteiger partial charge in [0.25, 0.3) is 0 Å². The van der Waals surface area contributed by atoms with Crippen molar-refractivity contribution in [3.63, 3.8) is 0 Å². The molecule has 0 fully saturated rings. The Morgan fingerprint density at radius 2 is 2.15 bits per heavy atom. The van der Waals surface area contributed by atoms with Crippen LogP contribution in [-0.4, -0.2) is 25.2 Å². The molecule has 1 heterocycles. The Balaban J connectivity index is 2.27. The number of ether oxygens (including phenoxy) is 2. The summed E-state index contributed by atoms with van der Waals surface area (Å²) in [6, 6.07) is 3.59. The summed E-state index contributed by atoms with van der Waals surface area (Å²) in [5, 5.41) is 4.31. The first kappa shape index (κ1) is 14.6. The minimum absolute atomic E-state index is 0.408. The van der Waals surface area contributed by atoms with Crippen molar-refractivity contribution in [2.45, 2.75) is 6.92 Å². The van der Waals surface area contributed by atoms with Crippen molar-refractivity contribution >= 4 is 39.7 Å². The van der Waals surface area contributed by atoms with Crippen LogP contribution >= 0.6 is 22.9 Å². The molecule has 1 aromatic carbocycles. The number of rotatable bonds is 4. The molecule has 0 aliphatic carbocycles. The van der Waals surface area contributed by atoms with Gasteiger partial charge in [0, 0.05) is 11.1 Å². The average Bonchev–Trinajstić information content (AvgIpc) is 2.90. The number of hydrogen-bond donors (Lipinski definition) is 1. The van der Waals surface area contributed by atoms with E-state index in [1.807, 2.05) is 13.0 Å². The number of carbonyl (C=O) groups is 1. The van der Waals surface area contributed by atoms with Crippen LogP contribution < -0.4 is 10.1 Å². The van der Waals surface area contributed by atoms with Crippen molar-refractivity contribution in [3.05, 3.63) is 33.8 Å².